The van der Waals surface area contributed by atoms with Crippen molar-refractivity contribution in [2.24, 2.45) is 0 Å². The number of hydrogen-bond donors (Lipinski definition) is 0. The Labute approximate surface area is 339 Å². The van der Waals surface area contributed by atoms with E-state index in [1.54, 1.807) is 0 Å². The normalized spacial score (nSPS) is 16.5. The largest absolute Gasteiger partial charge is 0.456 e. The Balaban J connectivity index is 1.02. The van der Waals surface area contributed by atoms with Crippen molar-refractivity contribution < 1.29 is 4.42 Å². The van der Waals surface area contributed by atoms with Crippen LogP contribution in [0, 0.1) is 0 Å². The maximum absolute atomic E-state index is 6.84. The third kappa shape index (κ3) is 5.26. The van der Waals surface area contributed by atoms with Gasteiger partial charge in [0.25, 0.3) is 0 Å². The van der Waals surface area contributed by atoms with Crippen molar-refractivity contribution in [2.45, 2.75) is 24.3 Å². The molecule has 1 unspecified atom stereocenters. The highest BCUT2D eigenvalue weighted by Gasteiger charge is 2.49. The number of hydrogen-bond acceptors (Lipinski definition) is 2. The van der Waals surface area contributed by atoms with E-state index < -0.39 is 5.41 Å². The van der Waals surface area contributed by atoms with E-state index in [4.69, 9.17) is 4.42 Å². The molecule has 2 aliphatic rings. The second kappa shape index (κ2) is 13.5. The molecule has 1 heterocycles. The van der Waals surface area contributed by atoms with Gasteiger partial charge in [0.2, 0.25) is 0 Å². The first-order valence-electron chi connectivity index (χ1n) is 20.2. The summed E-state index contributed by atoms with van der Waals surface area (Å²) in [5.41, 5.74) is 15.6. The van der Waals surface area contributed by atoms with Crippen molar-refractivity contribution in [1.82, 2.24) is 0 Å². The van der Waals surface area contributed by atoms with Crippen molar-refractivity contribution in [3.8, 4) is 33.4 Å². The molecule has 0 aliphatic heterocycles. The minimum Gasteiger partial charge on any atom is -0.456 e. The molecule has 2 nitrogen and oxygen atoms in total. The number of furan rings is 1. The van der Waals surface area contributed by atoms with Crippen LogP contribution in [-0.2, 0) is 5.41 Å². The van der Waals surface area contributed by atoms with Gasteiger partial charge in [0, 0.05) is 27.7 Å². The van der Waals surface area contributed by atoms with Crippen molar-refractivity contribution in [3.63, 3.8) is 0 Å². The van der Waals surface area contributed by atoms with E-state index in [0.717, 1.165) is 39.7 Å². The number of fused-ring (bicyclic) bond motifs is 6. The summed E-state index contributed by atoms with van der Waals surface area (Å²) in [6, 6.07) is 72.4. The highest BCUT2D eigenvalue weighted by molar-refractivity contribution is 6.07. The molecule has 1 atom stereocenters. The van der Waals surface area contributed by atoms with Gasteiger partial charge in [-0.25, -0.2) is 0 Å². The standard InChI is InChI=1S/C56H41NO/c1-55(57(44-17-6-3-7-18-44)45-33-31-42(32-34-45)41-29-27-40(28-30-41)39-15-4-2-5-16-39)37-35-43(36-38-55)56(50-23-11-8-19-46(50)47-20-9-12-24-51(47)56)52-25-14-22-49-48-21-10-13-26-53(48)58-54(49)52/h2-37H,38H2,1H3. The Morgan fingerprint density at radius 2 is 0.948 bits per heavy atom. The zero-order valence-electron chi connectivity index (χ0n) is 32.3. The van der Waals surface area contributed by atoms with Crippen molar-refractivity contribution >= 4 is 33.3 Å². The molecule has 2 aliphatic carbocycles. The first-order chi connectivity index (χ1) is 28.6. The van der Waals surface area contributed by atoms with Crippen LogP contribution in [-0.4, -0.2) is 5.54 Å². The molecule has 0 amide bonds. The highest BCUT2D eigenvalue weighted by Crippen LogP contribution is 2.59. The fourth-order valence-electron chi connectivity index (χ4n) is 9.80. The number of para-hydroxylation sites is 3. The topological polar surface area (TPSA) is 16.4 Å². The number of allylic oxidation sites excluding steroid dienone is 2. The number of benzene rings is 8. The average molecular weight is 744 g/mol. The predicted molar refractivity (Wildman–Crippen MR) is 242 cm³/mol. The van der Waals surface area contributed by atoms with Gasteiger partial charge in [-0.3, -0.25) is 0 Å². The molecule has 0 saturated carbocycles. The molecule has 0 saturated heterocycles. The molecular weight excluding hydrogens is 703 g/mol. The molecule has 11 rings (SSSR count). The summed E-state index contributed by atoms with van der Waals surface area (Å²) in [5, 5.41) is 2.29. The van der Waals surface area contributed by atoms with Gasteiger partial charge in [0.15, 0.2) is 0 Å². The molecule has 9 aromatic rings. The van der Waals surface area contributed by atoms with Crippen molar-refractivity contribution in [3.05, 3.63) is 241 Å². The smallest absolute Gasteiger partial charge is 0.140 e. The first kappa shape index (κ1) is 34.1. The third-order valence-electron chi connectivity index (χ3n) is 12.5. The molecule has 0 N–H and O–H groups in total. The lowest BCUT2D eigenvalue weighted by atomic mass is 9.65. The maximum atomic E-state index is 6.84. The van der Waals surface area contributed by atoms with Crippen LogP contribution in [0.25, 0.3) is 55.3 Å². The van der Waals surface area contributed by atoms with Crippen LogP contribution >= 0.6 is 0 Å². The summed E-state index contributed by atoms with van der Waals surface area (Å²) in [7, 11) is 0. The van der Waals surface area contributed by atoms with Gasteiger partial charge in [0.1, 0.15) is 11.2 Å². The van der Waals surface area contributed by atoms with Crippen LogP contribution in [0.15, 0.2) is 228 Å². The van der Waals surface area contributed by atoms with Crippen LogP contribution in [0.2, 0.25) is 0 Å². The summed E-state index contributed by atoms with van der Waals surface area (Å²) in [6.45, 7) is 2.36. The summed E-state index contributed by atoms with van der Waals surface area (Å²) in [6.07, 6.45) is 8.15. The minimum absolute atomic E-state index is 0.353. The van der Waals surface area contributed by atoms with Crippen LogP contribution in [0.1, 0.15) is 30.0 Å². The van der Waals surface area contributed by atoms with Crippen molar-refractivity contribution in [2.75, 3.05) is 4.90 Å². The SMILES string of the molecule is CC1(N(c2ccccc2)c2ccc(-c3ccc(-c4ccccc4)cc3)cc2)C=CC(C2(c3cccc4c3oc3ccccc34)c3ccccc3-c3ccccc32)=CC1. The van der Waals surface area contributed by atoms with E-state index in [2.05, 4.69) is 230 Å². The van der Waals surface area contributed by atoms with Gasteiger partial charge in [0.05, 0.1) is 11.0 Å². The zero-order chi connectivity index (χ0) is 38.7. The average Bonchev–Trinajstić information content (AvgIpc) is 3.82. The van der Waals surface area contributed by atoms with E-state index >= 15 is 0 Å². The maximum Gasteiger partial charge on any atom is 0.140 e. The van der Waals surface area contributed by atoms with Gasteiger partial charge in [-0.2, -0.15) is 0 Å². The molecular formula is C56H41NO. The predicted octanol–water partition coefficient (Wildman–Crippen LogP) is 14.7. The van der Waals surface area contributed by atoms with Gasteiger partial charge in [-0.05, 0) is 93.8 Å². The van der Waals surface area contributed by atoms with Gasteiger partial charge in [-0.15, -0.1) is 0 Å². The van der Waals surface area contributed by atoms with Gasteiger partial charge in [-0.1, -0.05) is 188 Å². The van der Waals surface area contributed by atoms with Crippen molar-refractivity contribution in [1.29, 1.82) is 0 Å². The molecule has 0 fully saturated rings. The summed E-state index contributed by atoms with van der Waals surface area (Å²) in [5.74, 6) is 0. The fourth-order valence-corrected chi connectivity index (χ4v) is 9.80. The second-order valence-corrected chi connectivity index (χ2v) is 15.8. The molecule has 58 heavy (non-hydrogen) atoms. The first-order valence-corrected chi connectivity index (χ1v) is 20.2. The zero-order valence-corrected chi connectivity index (χ0v) is 32.3. The molecule has 0 bridgehead atoms. The Bertz CT molecular complexity index is 2980. The summed E-state index contributed by atoms with van der Waals surface area (Å²) in [4.78, 5) is 2.50. The summed E-state index contributed by atoms with van der Waals surface area (Å²) < 4.78 is 6.84. The lowest BCUT2D eigenvalue weighted by Gasteiger charge is -2.44. The van der Waals surface area contributed by atoms with Crippen LogP contribution in [0.5, 0.6) is 0 Å². The van der Waals surface area contributed by atoms with Gasteiger partial charge < -0.3 is 9.32 Å². The number of rotatable bonds is 7. The number of nitrogens with zero attached hydrogens (tertiary/aromatic N) is 1. The van der Waals surface area contributed by atoms with Crippen LogP contribution < -0.4 is 4.90 Å². The Morgan fingerprint density at radius 1 is 0.448 bits per heavy atom. The second-order valence-electron chi connectivity index (χ2n) is 15.8. The lowest BCUT2D eigenvalue weighted by molar-refractivity contribution is 0.559. The molecule has 0 radical (unpaired) electrons. The highest BCUT2D eigenvalue weighted by atomic mass is 16.3. The molecule has 276 valence electrons. The quantitative estimate of drug-likeness (QED) is 0.162. The minimum atomic E-state index is -0.576. The number of anilines is 2. The Morgan fingerprint density at radius 3 is 1.59 bits per heavy atom. The van der Waals surface area contributed by atoms with Crippen LogP contribution in [0.4, 0.5) is 11.4 Å². The van der Waals surface area contributed by atoms with E-state index in [1.807, 2.05) is 0 Å². The molecule has 8 aromatic carbocycles. The van der Waals surface area contributed by atoms with Gasteiger partial charge >= 0.3 is 0 Å². The van der Waals surface area contributed by atoms with E-state index in [-0.39, 0.29) is 5.54 Å². The third-order valence-corrected chi connectivity index (χ3v) is 12.5. The van der Waals surface area contributed by atoms with E-state index in [9.17, 15) is 0 Å². The Kier molecular flexibility index (Phi) is 7.94. The van der Waals surface area contributed by atoms with E-state index in [0.29, 0.717) is 0 Å². The Hall–Kier alpha value is -7.16. The lowest BCUT2D eigenvalue weighted by Crippen LogP contribution is -2.43. The fraction of sp³-hybridized carbons (Fsp3) is 0.0714. The molecule has 2 heteroatoms. The summed E-state index contributed by atoms with van der Waals surface area (Å²) >= 11 is 0. The monoisotopic (exact) mass is 743 g/mol. The molecule has 1 aromatic heterocycles. The van der Waals surface area contributed by atoms with E-state index in [1.165, 1.54) is 55.6 Å². The molecule has 0 spiro atoms. The van der Waals surface area contributed by atoms with Crippen LogP contribution in [0.3, 0.4) is 0 Å².